The fourth-order valence-electron chi connectivity index (χ4n) is 5.54. The number of nitrogens with one attached hydrogen (secondary N) is 1. The summed E-state index contributed by atoms with van der Waals surface area (Å²) in [5.41, 5.74) is 1.65. The van der Waals surface area contributed by atoms with Crippen LogP contribution in [0.5, 0.6) is 0 Å². The summed E-state index contributed by atoms with van der Waals surface area (Å²) >= 11 is 0. The monoisotopic (exact) mass is 567 g/mol. The van der Waals surface area contributed by atoms with E-state index in [4.69, 9.17) is 9.47 Å². The summed E-state index contributed by atoms with van der Waals surface area (Å²) in [5, 5.41) is 13.0. The van der Waals surface area contributed by atoms with E-state index in [-0.39, 0.29) is 49.2 Å². The number of aliphatic hydroxyl groups excluding tert-OH is 1. The van der Waals surface area contributed by atoms with E-state index < -0.39 is 23.3 Å². The molecule has 12 nitrogen and oxygen atoms in total. The van der Waals surface area contributed by atoms with Gasteiger partial charge >= 0.3 is 11.9 Å². The molecule has 2 fully saturated rings. The summed E-state index contributed by atoms with van der Waals surface area (Å²) in [4.78, 5) is 58.3. The van der Waals surface area contributed by atoms with Crippen LogP contribution in [0.25, 0.3) is 10.9 Å². The predicted molar refractivity (Wildman–Crippen MR) is 153 cm³/mol. The molecule has 220 valence electrons. The number of hydrogen-bond donors (Lipinski definition) is 2. The molecule has 41 heavy (non-hydrogen) atoms. The number of benzene rings is 1. The molecule has 1 aromatic heterocycles. The number of rotatable bonds is 10. The third-order valence-corrected chi connectivity index (χ3v) is 7.96. The lowest BCUT2D eigenvalue weighted by Crippen LogP contribution is -2.46. The van der Waals surface area contributed by atoms with E-state index >= 15 is 0 Å². The molecule has 0 bridgehead atoms. The number of carbonyl (C=O) groups is 3. The molecule has 0 spiro atoms. The first-order valence-electron chi connectivity index (χ1n) is 14.2. The zero-order chi connectivity index (χ0) is 29.3. The molecule has 2 aromatic rings. The van der Waals surface area contributed by atoms with Gasteiger partial charge in [0.15, 0.2) is 0 Å². The highest BCUT2D eigenvalue weighted by molar-refractivity contribution is 6.09. The van der Waals surface area contributed by atoms with E-state index in [0.29, 0.717) is 16.6 Å². The average Bonchev–Trinajstić information content (AvgIpc) is 3.78. The minimum absolute atomic E-state index is 0.00597. The number of fused-ring (bicyclic) bond motifs is 1. The van der Waals surface area contributed by atoms with Crippen molar-refractivity contribution in [1.29, 1.82) is 0 Å². The normalized spacial score (nSPS) is 17.9. The van der Waals surface area contributed by atoms with Crippen LogP contribution in [0.15, 0.2) is 34.4 Å². The van der Waals surface area contributed by atoms with Crippen LogP contribution in [0.1, 0.15) is 43.1 Å². The van der Waals surface area contributed by atoms with Crippen LogP contribution in [-0.4, -0.2) is 103 Å². The second kappa shape index (κ2) is 11.9. The third kappa shape index (κ3) is 5.53. The average molecular weight is 568 g/mol. The van der Waals surface area contributed by atoms with Crippen molar-refractivity contribution in [2.75, 3.05) is 76.4 Å². The Kier molecular flexibility index (Phi) is 8.32. The molecular weight excluding hydrogens is 530 g/mol. The molecule has 12 heteroatoms. The SMILES string of the molecule is CCOC(=O)c1cn(C2CC2)c2cc(N3CCN(CC)CC3)c(NC3=C(C(=O)OC)CN(CCO)C3=O)cc2c1=O. The van der Waals surface area contributed by atoms with Crippen LogP contribution < -0.4 is 15.6 Å². The maximum atomic E-state index is 13.7. The number of piperazine rings is 1. The van der Waals surface area contributed by atoms with Crippen LogP contribution in [-0.2, 0) is 19.1 Å². The molecule has 1 aromatic carbocycles. The van der Waals surface area contributed by atoms with Crippen molar-refractivity contribution in [2.45, 2.75) is 32.7 Å². The number of anilines is 2. The van der Waals surface area contributed by atoms with Gasteiger partial charge in [-0.2, -0.15) is 0 Å². The number of esters is 2. The number of hydrogen-bond acceptors (Lipinski definition) is 10. The second-order valence-electron chi connectivity index (χ2n) is 10.5. The van der Waals surface area contributed by atoms with E-state index in [0.717, 1.165) is 51.3 Å². The van der Waals surface area contributed by atoms with Crippen molar-refractivity contribution in [2.24, 2.45) is 0 Å². The molecule has 1 saturated heterocycles. The molecule has 3 heterocycles. The van der Waals surface area contributed by atoms with Gasteiger partial charge in [0, 0.05) is 50.3 Å². The molecule has 3 aliphatic rings. The van der Waals surface area contributed by atoms with E-state index in [1.54, 1.807) is 19.2 Å². The zero-order valence-corrected chi connectivity index (χ0v) is 23.8. The Hall–Kier alpha value is -3.90. The topological polar surface area (TPSA) is 134 Å². The number of aromatic nitrogens is 1. The van der Waals surface area contributed by atoms with Crippen LogP contribution in [0.2, 0.25) is 0 Å². The first-order chi connectivity index (χ1) is 19.8. The van der Waals surface area contributed by atoms with Gasteiger partial charge in [-0.25, -0.2) is 9.59 Å². The van der Waals surface area contributed by atoms with Gasteiger partial charge in [0.25, 0.3) is 5.91 Å². The summed E-state index contributed by atoms with van der Waals surface area (Å²) in [6.45, 7) is 7.87. The van der Waals surface area contributed by atoms with Gasteiger partial charge in [0.2, 0.25) is 5.43 Å². The van der Waals surface area contributed by atoms with Crippen LogP contribution in [0.3, 0.4) is 0 Å². The largest absolute Gasteiger partial charge is 0.466 e. The summed E-state index contributed by atoms with van der Waals surface area (Å²) in [6, 6.07) is 3.79. The van der Waals surface area contributed by atoms with Gasteiger partial charge in [-0.15, -0.1) is 0 Å². The van der Waals surface area contributed by atoms with Crippen LogP contribution in [0.4, 0.5) is 11.4 Å². The maximum Gasteiger partial charge on any atom is 0.343 e. The Morgan fingerprint density at radius 1 is 1.07 bits per heavy atom. The standard InChI is InChI=1S/C29H37N5O7/c1-4-31-8-10-32(11-9-31)24-15-23-19(26(36)21(29(39)41-5-2)17-34(23)18-6-7-18)14-22(24)30-25-20(28(38)40-3)16-33(12-13-35)27(25)37/h14-15,17-18,30,35H,4-13,16H2,1-3H3. The highest BCUT2D eigenvalue weighted by Gasteiger charge is 2.36. The molecule has 2 aliphatic heterocycles. The van der Waals surface area contributed by atoms with E-state index in [9.17, 15) is 24.3 Å². The maximum absolute atomic E-state index is 13.7. The lowest BCUT2D eigenvalue weighted by atomic mass is 10.1. The number of ether oxygens (including phenoxy) is 2. The molecule has 2 N–H and O–H groups in total. The lowest BCUT2D eigenvalue weighted by molar-refractivity contribution is -0.136. The number of nitrogens with zero attached hydrogens (tertiary/aromatic N) is 4. The van der Waals surface area contributed by atoms with Gasteiger partial charge in [-0.3, -0.25) is 9.59 Å². The van der Waals surface area contributed by atoms with Gasteiger partial charge in [-0.05, 0) is 38.4 Å². The number of carbonyl (C=O) groups excluding carboxylic acids is 3. The number of methoxy groups -OCH3 is 1. The molecule has 1 aliphatic carbocycles. The van der Waals surface area contributed by atoms with Crippen molar-refractivity contribution in [1.82, 2.24) is 14.4 Å². The minimum Gasteiger partial charge on any atom is -0.466 e. The van der Waals surface area contributed by atoms with Gasteiger partial charge in [0.05, 0.1) is 49.3 Å². The van der Waals surface area contributed by atoms with Gasteiger partial charge < -0.3 is 39.2 Å². The molecule has 5 rings (SSSR count). The smallest absolute Gasteiger partial charge is 0.343 e. The second-order valence-corrected chi connectivity index (χ2v) is 10.5. The van der Waals surface area contributed by atoms with Gasteiger partial charge in [-0.1, -0.05) is 6.92 Å². The Labute approximate surface area is 238 Å². The summed E-state index contributed by atoms with van der Waals surface area (Å²) in [6.07, 6.45) is 3.49. The quantitative estimate of drug-likeness (QED) is 0.405. The number of amides is 1. The highest BCUT2D eigenvalue weighted by atomic mass is 16.5. The van der Waals surface area contributed by atoms with Crippen molar-refractivity contribution >= 4 is 40.1 Å². The first kappa shape index (κ1) is 28.6. The molecule has 0 atom stereocenters. The minimum atomic E-state index is -0.677. The summed E-state index contributed by atoms with van der Waals surface area (Å²) in [7, 11) is 1.25. The van der Waals surface area contributed by atoms with Gasteiger partial charge in [0.1, 0.15) is 11.3 Å². The molecule has 1 amide bonds. The summed E-state index contributed by atoms with van der Waals surface area (Å²) in [5.74, 6) is -1.78. The van der Waals surface area contributed by atoms with Crippen molar-refractivity contribution in [3.63, 3.8) is 0 Å². The predicted octanol–water partition coefficient (Wildman–Crippen LogP) is 1.33. The first-order valence-corrected chi connectivity index (χ1v) is 14.2. The molecule has 0 unspecified atom stereocenters. The molecule has 1 saturated carbocycles. The van der Waals surface area contributed by atoms with E-state index in [1.807, 2.05) is 10.6 Å². The fraction of sp³-hybridized carbons (Fsp3) is 0.517. The van der Waals surface area contributed by atoms with Crippen molar-refractivity contribution in [3.8, 4) is 0 Å². The highest BCUT2D eigenvalue weighted by Crippen LogP contribution is 2.40. The third-order valence-electron chi connectivity index (χ3n) is 7.96. The molecule has 0 radical (unpaired) electrons. The number of aliphatic hydroxyl groups is 1. The van der Waals surface area contributed by atoms with Crippen LogP contribution in [0, 0.1) is 0 Å². The number of β-amino-alcohol motifs (C(OH)–C–C–N with tert-alkyl or cyclic N) is 1. The Morgan fingerprint density at radius 3 is 2.41 bits per heavy atom. The van der Waals surface area contributed by atoms with E-state index in [1.165, 1.54) is 12.0 Å². The van der Waals surface area contributed by atoms with E-state index in [2.05, 4.69) is 22.0 Å². The Morgan fingerprint density at radius 2 is 1.80 bits per heavy atom. The molecular formula is C29H37N5O7. The van der Waals surface area contributed by atoms with Crippen molar-refractivity contribution in [3.05, 3.63) is 45.4 Å². The Bertz CT molecular complexity index is 1450. The summed E-state index contributed by atoms with van der Waals surface area (Å²) < 4.78 is 12.1. The van der Waals surface area contributed by atoms with Crippen LogP contribution >= 0.6 is 0 Å². The number of likely N-dealkylation sites (N-methyl/N-ethyl adjacent to an activating group) is 1. The Balaban J connectivity index is 1.68. The zero-order valence-electron chi connectivity index (χ0n) is 23.8. The fourth-order valence-corrected chi connectivity index (χ4v) is 5.54. The van der Waals surface area contributed by atoms with Crippen molar-refractivity contribution < 1.29 is 29.0 Å². The number of pyridine rings is 1. The lowest BCUT2D eigenvalue weighted by Gasteiger charge is -2.36.